The number of halogens is 4. The fraction of sp³-hybridized carbons (Fsp3) is 0.412. The predicted molar refractivity (Wildman–Crippen MR) is 95.2 cm³/mol. The van der Waals surface area contributed by atoms with E-state index in [2.05, 4.69) is 10.4 Å². The first kappa shape index (κ1) is 20.1. The van der Waals surface area contributed by atoms with Crippen molar-refractivity contribution in [3.8, 4) is 0 Å². The van der Waals surface area contributed by atoms with Gasteiger partial charge in [0.2, 0.25) is 5.91 Å². The van der Waals surface area contributed by atoms with Gasteiger partial charge in [-0.25, -0.2) is 0 Å². The second-order valence-electron chi connectivity index (χ2n) is 6.46. The van der Waals surface area contributed by atoms with Crippen LogP contribution in [0, 0.1) is 10.1 Å². The largest absolute Gasteiger partial charge is 0.435 e. The molecule has 0 fully saturated rings. The maximum absolute atomic E-state index is 13.3. The minimum absolute atomic E-state index is 0.0892. The molecule has 1 N–H and O–H groups in total. The number of amides is 1. The Morgan fingerprint density at radius 2 is 2.00 bits per heavy atom. The number of carbonyl (C=O) groups is 1. The molecule has 1 aliphatic rings. The number of nitrogens with one attached hydrogen (secondary N) is 1. The summed E-state index contributed by atoms with van der Waals surface area (Å²) in [5, 5.41) is 17.2. The van der Waals surface area contributed by atoms with Crippen molar-refractivity contribution in [2.24, 2.45) is 0 Å². The maximum Gasteiger partial charge on any atom is 0.435 e. The molecule has 0 radical (unpaired) electrons. The second-order valence-corrected chi connectivity index (χ2v) is 6.89. The molecule has 0 atom stereocenters. The number of alkyl halides is 3. The number of aromatic nitrogens is 2. The molecule has 2 aromatic rings. The van der Waals surface area contributed by atoms with E-state index in [1.165, 1.54) is 12.1 Å². The van der Waals surface area contributed by atoms with Crippen LogP contribution < -0.4 is 5.32 Å². The van der Waals surface area contributed by atoms with E-state index >= 15 is 0 Å². The van der Waals surface area contributed by atoms with Crippen molar-refractivity contribution in [3.05, 3.63) is 50.3 Å². The van der Waals surface area contributed by atoms with Crippen LogP contribution >= 0.6 is 11.6 Å². The van der Waals surface area contributed by atoms with Crippen LogP contribution in [0.2, 0.25) is 5.02 Å². The summed E-state index contributed by atoms with van der Waals surface area (Å²) >= 11 is 5.73. The summed E-state index contributed by atoms with van der Waals surface area (Å²) in [4.78, 5) is 22.8. The highest BCUT2D eigenvalue weighted by atomic mass is 35.5. The van der Waals surface area contributed by atoms with E-state index in [0.29, 0.717) is 25.0 Å². The Kier molecular flexibility index (Phi) is 5.59. The average Bonchev–Trinajstić information content (AvgIpc) is 2.78. The topological polar surface area (TPSA) is 90.1 Å². The number of nitro groups is 1. The molecule has 1 amide bonds. The summed E-state index contributed by atoms with van der Waals surface area (Å²) in [6.07, 6.45) is -1.81. The third-order valence-corrected chi connectivity index (χ3v) is 4.73. The van der Waals surface area contributed by atoms with Crippen molar-refractivity contribution in [1.29, 1.82) is 0 Å². The van der Waals surface area contributed by atoms with Gasteiger partial charge in [0.1, 0.15) is 12.2 Å². The fourth-order valence-electron chi connectivity index (χ4n) is 3.29. The predicted octanol–water partition coefficient (Wildman–Crippen LogP) is 4.37. The number of rotatable bonds is 4. The molecular weight excluding hydrogens is 401 g/mol. The normalized spacial score (nSPS) is 14.3. The van der Waals surface area contributed by atoms with Crippen LogP contribution in [-0.2, 0) is 30.4 Å². The Morgan fingerprint density at radius 3 is 2.68 bits per heavy atom. The minimum Gasteiger partial charge on any atom is -0.319 e. The third kappa shape index (κ3) is 4.27. The Balaban J connectivity index is 1.87. The third-order valence-electron chi connectivity index (χ3n) is 4.50. The van der Waals surface area contributed by atoms with Crippen LogP contribution in [0.4, 0.5) is 24.5 Å². The van der Waals surface area contributed by atoms with E-state index < -0.39 is 34.9 Å². The fourth-order valence-corrected chi connectivity index (χ4v) is 3.46. The lowest BCUT2D eigenvalue weighted by Crippen LogP contribution is -2.22. The van der Waals surface area contributed by atoms with E-state index in [4.69, 9.17) is 11.6 Å². The van der Waals surface area contributed by atoms with Crippen LogP contribution in [0.1, 0.15) is 36.2 Å². The molecule has 0 saturated heterocycles. The van der Waals surface area contributed by atoms with E-state index in [9.17, 15) is 28.1 Å². The highest BCUT2D eigenvalue weighted by Crippen LogP contribution is 2.35. The summed E-state index contributed by atoms with van der Waals surface area (Å²) in [5.74, 6) is -0.714. The van der Waals surface area contributed by atoms with Gasteiger partial charge < -0.3 is 5.32 Å². The highest BCUT2D eigenvalue weighted by Gasteiger charge is 2.39. The van der Waals surface area contributed by atoms with Crippen molar-refractivity contribution < 1.29 is 22.9 Å². The molecule has 11 heteroatoms. The van der Waals surface area contributed by atoms with Crippen molar-refractivity contribution in [2.75, 3.05) is 5.32 Å². The quantitative estimate of drug-likeness (QED) is 0.455. The summed E-state index contributed by atoms with van der Waals surface area (Å²) < 4.78 is 41.0. The number of fused-ring (bicyclic) bond motifs is 1. The molecule has 0 bridgehead atoms. The Hall–Kier alpha value is -2.62. The van der Waals surface area contributed by atoms with E-state index in [1.807, 2.05) is 0 Å². The lowest BCUT2D eigenvalue weighted by Gasteiger charge is -2.09. The number of nitrogens with zero attached hydrogens (tertiary/aromatic N) is 3. The van der Waals surface area contributed by atoms with Crippen LogP contribution in [0.15, 0.2) is 18.2 Å². The van der Waals surface area contributed by atoms with Gasteiger partial charge in [0.15, 0.2) is 5.69 Å². The molecule has 0 aliphatic heterocycles. The molecule has 150 valence electrons. The Labute approximate surface area is 162 Å². The number of anilines is 1. The van der Waals surface area contributed by atoms with Gasteiger partial charge in [-0.05, 0) is 37.8 Å². The lowest BCUT2D eigenvalue weighted by molar-refractivity contribution is -0.383. The SMILES string of the molecule is O=C(Cn1nc(C(F)(F)F)c2c1CCCCC2)Nc1ccc(Cl)cc1[N+](=O)[O-]. The zero-order valence-electron chi connectivity index (χ0n) is 14.6. The van der Waals surface area contributed by atoms with E-state index in [1.54, 1.807) is 0 Å². The summed E-state index contributed by atoms with van der Waals surface area (Å²) in [7, 11) is 0. The standard InChI is InChI=1S/C17H16ClF3N4O3/c18-10-6-7-12(14(8-10)25(27)28)22-15(26)9-24-13-5-3-1-2-4-11(13)16(23-24)17(19,20)21/h6-8H,1-5,9H2,(H,22,26). The molecule has 28 heavy (non-hydrogen) atoms. The zero-order valence-corrected chi connectivity index (χ0v) is 15.3. The molecule has 0 saturated carbocycles. The molecule has 0 spiro atoms. The van der Waals surface area contributed by atoms with Gasteiger partial charge in [0, 0.05) is 22.3 Å². The molecule has 1 aromatic heterocycles. The van der Waals surface area contributed by atoms with Crippen LogP contribution in [0.3, 0.4) is 0 Å². The number of hydrogen-bond acceptors (Lipinski definition) is 4. The van der Waals surface area contributed by atoms with Gasteiger partial charge >= 0.3 is 6.18 Å². The Bertz CT molecular complexity index is 927. The van der Waals surface area contributed by atoms with Crippen LogP contribution in [0.25, 0.3) is 0 Å². The Morgan fingerprint density at radius 1 is 1.29 bits per heavy atom. The van der Waals surface area contributed by atoms with Crippen molar-refractivity contribution in [2.45, 2.75) is 44.8 Å². The minimum atomic E-state index is -4.61. The van der Waals surface area contributed by atoms with Gasteiger partial charge in [-0.15, -0.1) is 0 Å². The first-order valence-corrected chi connectivity index (χ1v) is 8.94. The van der Waals surface area contributed by atoms with E-state index in [0.717, 1.165) is 17.2 Å². The summed E-state index contributed by atoms with van der Waals surface area (Å²) in [6, 6.07) is 3.72. The zero-order chi connectivity index (χ0) is 20.5. The molecule has 1 aliphatic carbocycles. The first-order valence-electron chi connectivity index (χ1n) is 8.56. The van der Waals surface area contributed by atoms with Crippen molar-refractivity contribution in [1.82, 2.24) is 9.78 Å². The number of nitro benzene ring substituents is 1. The highest BCUT2D eigenvalue weighted by molar-refractivity contribution is 6.31. The summed E-state index contributed by atoms with van der Waals surface area (Å²) in [5.41, 5.74) is -0.930. The molecule has 1 aromatic carbocycles. The first-order chi connectivity index (χ1) is 13.2. The van der Waals surface area contributed by atoms with Crippen molar-refractivity contribution >= 4 is 28.9 Å². The molecular formula is C17H16ClF3N4O3. The van der Waals surface area contributed by atoms with Crippen LogP contribution in [-0.4, -0.2) is 20.6 Å². The van der Waals surface area contributed by atoms with Gasteiger partial charge in [-0.1, -0.05) is 18.0 Å². The molecule has 7 nitrogen and oxygen atoms in total. The lowest BCUT2D eigenvalue weighted by atomic mass is 10.1. The van der Waals surface area contributed by atoms with Gasteiger partial charge in [-0.2, -0.15) is 18.3 Å². The van der Waals surface area contributed by atoms with E-state index in [-0.39, 0.29) is 22.7 Å². The van der Waals surface area contributed by atoms with Gasteiger partial charge in [0.25, 0.3) is 5.69 Å². The molecule has 3 rings (SSSR count). The van der Waals surface area contributed by atoms with Gasteiger partial charge in [0.05, 0.1) is 4.92 Å². The average molecular weight is 417 g/mol. The monoisotopic (exact) mass is 416 g/mol. The molecule has 0 unspecified atom stereocenters. The smallest absolute Gasteiger partial charge is 0.319 e. The number of benzene rings is 1. The summed E-state index contributed by atoms with van der Waals surface area (Å²) in [6.45, 7) is -0.474. The van der Waals surface area contributed by atoms with Crippen LogP contribution in [0.5, 0.6) is 0 Å². The molecule has 1 heterocycles. The van der Waals surface area contributed by atoms with Gasteiger partial charge in [-0.3, -0.25) is 19.6 Å². The maximum atomic E-state index is 13.3. The second kappa shape index (κ2) is 7.78. The number of hydrogen-bond donors (Lipinski definition) is 1. The van der Waals surface area contributed by atoms with Crippen molar-refractivity contribution in [3.63, 3.8) is 0 Å². The number of carbonyl (C=O) groups excluding carboxylic acids is 1.